The van der Waals surface area contributed by atoms with Gasteiger partial charge in [-0.25, -0.2) is 4.39 Å². The summed E-state index contributed by atoms with van der Waals surface area (Å²) in [6.07, 6.45) is 2.34. The molecule has 2 atom stereocenters. The minimum Gasteiger partial charge on any atom is -0.486 e. The molecule has 1 heterocycles. The molecule has 2 N–H and O–H groups in total. The first-order valence-corrected chi connectivity index (χ1v) is 8.62. The van der Waals surface area contributed by atoms with Crippen LogP contribution in [0, 0.1) is 11.7 Å². The van der Waals surface area contributed by atoms with E-state index in [0.29, 0.717) is 12.5 Å². The molecule has 7 heteroatoms. The predicted molar refractivity (Wildman–Crippen MR) is 111 cm³/mol. The number of hydrogen-bond acceptors (Lipinski definition) is 3. The maximum atomic E-state index is 13.6. The Morgan fingerprint density at radius 1 is 1.40 bits per heavy atom. The van der Waals surface area contributed by atoms with Crippen molar-refractivity contribution < 1.29 is 9.13 Å². The highest BCUT2D eigenvalue weighted by molar-refractivity contribution is 14.0. The monoisotopic (exact) mass is 464 g/mol. The second kappa shape index (κ2) is 11.5. The third-order valence-corrected chi connectivity index (χ3v) is 4.23. The van der Waals surface area contributed by atoms with Gasteiger partial charge in [-0.2, -0.15) is 0 Å². The Bertz CT molecular complexity index is 544. The zero-order valence-electron chi connectivity index (χ0n) is 15.3. The molecule has 25 heavy (non-hydrogen) atoms. The van der Waals surface area contributed by atoms with E-state index in [1.54, 1.807) is 25.2 Å². The third kappa shape index (κ3) is 7.77. The molecule has 2 unspecified atom stereocenters. The van der Waals surface area contributed by atoms with Gasteiger partial charge in [0, 0.05) is 20.1 Å². The van der Waals surface area contributed by atoms with Crippen LogP contribution in [-0.4, -0.2) is 57.2 Å². The molecule has 142 valence electrons. The number of rotatable bonds is 6. The number of aliphatic imine (C=N–C) groups is 1. The first-order chi connectivity index (χ1) is 11.6. The van der Waals surface area contributed by atoms with E-state index in [0.717, 1.165) is 19.0 Å². The van der Waals surface area contributed by atoms with Crippen molar-refractivity contribution in [3.63, 3.8) is 0 Å². The molecule has 0 amide bonds. The Morgan fingerprint density at radius 2 is 2.16 bits per heavy atom. The molecule has 0 aromatic heterocycles. The molecule has 0 aliphatic carbocycles. The quantitative estimate of drug-likeness (QED) is 0.386. The number of halogens is 2. The van der Waals surface area contributed by atoms with Crippen molar-refractivity contribution in [2.45, 2.75) is 25.9 Å². The summed E-state index contributed by atoms with van der Waals surface area (Å²) in [6, 6.07) is 6.45. The highest BCUT2D eigenvalue weighted by atomic mass is 127. The summed E-state index contributed by atoms with van der Waals surface area (Å²) >= 11 is 0. The average Bonchev–Trinajstić information content (AvgIpc) is 2.57. The molecule has 0 bridgehead atoms. The van der Waals surface area contributed by atoms with Crippen molar-refractivity contribution in [2.24, 2.45) is 10.9 Å². The highest BCUT2D eigenvalue weighted by Crippen LogP contribution is 2.16. The molecule has 1 aliphatic heterocycles. The molecular weight excluding hydrogens is 434 g/mol. The molecule has 5 nitrogen and oxygen atoms in total. The van der Waals surface area contributed by atoms with E-state index in [-0.39, 0.29) is 41.6 Å². The highest BCUT2D eigenvalue weighted by Gasteiger charge is 2.17. The number of guanidine groups is 1. The van der Waals surface area contributed by atoms with Crippen molar-refractivity contribution in [1.29, 1.82) is 0 Å². The molecule has 1 aliphatic rings. The average molecular weight is 464 g/mol. The van der Waals surface area contributed by atoms with Crippen LogP contribution in [0.5, 0.6) is 5.75 Å². The summed E-state index contributed by atoms with van der Waals surface area (Å²) in [4.78, 5) is 6.61. The molecule has 0 saturated carbocycles. The Hall–Kier alpha value is -1.09. The van der Waals surface area contributed by atoms with Crippen LogP contribution in [0.1, 0.15) is 19.8 Å². The number of piperidine rings is 1. The van der Waals surface area contributed by atoms with Gasteiger partial charge in [-0.1, -0.05) is 12.1 Å². The minimum absolute atomic E-state index is 0. The largest absolute Gasteiger partial charge is 0.486 e. The van der Waals surface area contributed by atoms with Crippen LogP contribution in [0.25, 0.3) is 0 Å². The maximum absolute atomic E-state index is 13.6. The van der Waals surface area contributed by atoms with E-state index >= 15 is 0 Å². The van der Waals surface area contributed by atoms with Gasteiger partial charge in [-0.3, -0.25) is 4.99 Å². The number of hydrogen-bond donors (Lipinski definition) is 2. The van der Waals surface area contributed by atoms with E-state index in [1.165, 1.54) is 25.5 Å². The lowest BCUT2D eigenvalue weighted by molar-refractivity contribution is 0.208. The Labute approximate surface area is 167 Å². The van der Waals surface area contributed by atoms with Crippen molar-refractivity contribution in [2.75, 3.05) is 40.3 Å². The van der Waals surface area contributed by atoms with Gasteiger partial charge in [-0.15, -0.1) is 24.0 Å². The number of nitrogens with one attached hydrogen (secondary N) is 2. The van der Waals surface area contributed by atoms with E-state index in [4.69, 9.17) is 4.74 Å². The zero-order valence-corrected chi connectivity index (χ0v) is 17.6. The van der Waals surface area contributed by atoms with Crippen molar-refractivity contribution in [3.05, 3.63) is 30.1 Å². The van der Waals surface area contributed by atoms with Gasteiger partial charge in [0.15, 0.2) is 17.5 Å². The van der Waals surface area contributed by atoms with E-state index in [1.807, 2.05) is 6.92 Å². The van der Waals surface area contributed by atoms with Crippen molar-refractivity contribution >= 4 is 29.9 Å². The lowest BCUT2D eigenvalue weighted by atomic mass is 9.99. The molecule has 0 spiro atoms. The van der Waals surface area contributed by atoms with Gasteiger partial charge >= 0.3 is 0 Å². The van der Waals surface area contributed by atoms with Gasteiger partial charge in [0.05, 0.1) is 6.54 Å². The maximum Gasteiger partial charge on any atom is 0.191 e. The fraction of sp³-hybridized carbons (Fsp3) is 0.611. The molecule has 1 saturated heterocycles. The van der Waals surface area contributed by atoms with Crippen molar-refractivity contribution in [1.82, 2.24) is 15.5 Å². The van der Waals surface area contributed by atoms with Crippen LogP contribution < -0.4 is 15.4 Å². The first kappa shape index (κ1) is 22.0. The Balaban J connectivity index is 0.00000312. The van der Waals surface area contributed by atoms with Crippen LogP contribution in [-0.2, 0) is 0 Å². The topological polar surface area (TPSA) is 48.9 Å². The minimum atomic E-state index is -0.340. The zero-order chi connectivity index (χ0) is 17.4. The van der Waals surface area contributed by atoms with E-state index < -0.39 is 0 Å². The summed E-state index contributed by atoms with van der Waals surface area (Å²) in [7, 11) is 3.92. The molecule has 0 radical (unpaired) electrons. The van der Waals surface area contributed by atoms with Gasteiger partial charge in [0.1, 0.15) is 6.10 Å². The van der Waals surface area contributed by atoms with E-state index in [9.17, 15) is 4.39 Å². The predicted octanol–water partition coefficient (Wildman–Crippen LogP) is 2.72. The molecule has 1 aromatic carbocycles. The van der Waals surface area contributed by atoms with Gasteiger partial charge in [-0.05, 0) is 51.4 Å². The number of benzene rings is 1. The van der Waals surface area contributed by atoms with Crippen LogP contribution in [0.3, 0.4) is 0 Å². The van der Waals surface area contributed by atoms with Crippen LogP contribution in [0.4, 0.5) is 4.39 Å². The van der Waals surface area contributed by atoms with Crippen LogP contribution in [0.15, 0.2) is 29.3 Å². The summed E-state index contributed by atoms with van der Waals surface area (Å²) in [5.74, 6) is 1.34. The molecule has 1 aromatic rings. The van der Waals surface area contributed by atoms with Crippen LogP contribution >= 0.6 is 24.0 Å². The number of ether oxygens (including phenoxy) is 1. The lowest BCUT2D eigenvalue weighted by Crippen LogP contribution is -2.45. The molecular formula is C18H30FIN4O. The molecule has 1 fully saturated rings. The van der Waals surface area contributed by atoms with Crippen LogP contribution in [0.2, 0.25) is 0 Å². The Kier molecular flexibility index (Phi) is 10.1. The number of para-hydroxylation sites is 1. The summed E-state index contributed by atoms with van der Waals surface area (Å²) in [5.41, 5.74) is 0. The molecule has 2 rings (SSSR count). The number of likely N-dealkylation sites (tertiary alicyclic amines) is 1. The fourth-order valence-electron chi connectivity index (χ4n) is 2.94. The first-order valence-electron chi connectivity index (χ1n) is 8.62. The normalized spacial score (nSPS) is 19.7. The second-order valence-corrected chi connectivity index (χ2v) is 6.46. The number of nitrogens with zero attached hydrogens (tertiary/aromatic N) is 2. The van der Waals surface area contributed by atoms with Gasteiger partial charge in [0.2, 0.25) is 0 Å². The SMILES string of the molecule is CN=C(NCC1CCCN(C)C1)NCC(C)Oc1ccccc1F.I. The summed E-state index contributed by atoms with van der Waals surface area (Å²) < 4.78 is 19.2. The third-order valence-electron chi connectivity index (χ3n) is 4.23. The van der Waals surface area contributed by atoms with Gasteiger partial charge < -0.3 is 20.3 Å². The van der Waals surface area contributed by atoms with E-state index in [2.05, 4.69) is 27.6 Å². The summed E-state index contributed by atoms with van der Waals surface area (Å²) in [5, 5.41) is 6.61. The summed E-state index contributed by atoms with van der Waals surface area (Å²) in [6.45, 7) is 5.68. The van der Waals surface area contributed by atoms with Gasteiger partial charge in [0.25, 0.3) is 0 Å². The van der Waals surface area contributed by atoms with Crippen molar-refractivity contribution in [3.8, 4) is 5.75 Å². The standard InChI is InChI=1S/C18H29FN4O.HI/c1-14(24-17-9-5-4-8-16(17)19)11-21-18(20-2)22-12-15-7-6-10-23(3)13-15;/h4-5,8-9,14-15H,6-7,10-13H2,1-3H3,(H2,20,21,22);1H. The fourth-order valence-corrected chi connectivity index (χ4v) is 2.94. The lowest BCUT2D eigenvalue weighted by Gasteiger charge is -2.30. The second-order valence-electron chi connectivity index (χ2n) is 6.46. The smallest absolute Gasteiger partial charge is 0.191 e. The Morgan fingerprint density at radius 3 is 2.84 bits per heavy atom.